The Hall–Kier alpha value is -2.62. The minimum Gasteiger partial charge on any atom is -0.272 e. The summed E-state index contributed by atoms with van der Waals surface area (Å²) in [7, 11) is 0. The number of nitrogens with two attached hydrogens (primary N) is 1. The molecule has 122 valence electrons. The molecule has 3 aromatic carbocycles. The number of nitrogens with zero attached hydrogens (tertiary/aromatic N) is 1. The molecule has 0 heterocycles. The van der Waals surface area contributed by atoms with E-state index in [9.17, 15) is 4.79 Å². The molecule has 24 heavy (non-hydrogen) atoms. The van der Waals surface area contributed by atoms with Gasteiger partial charge in [-0.15, -0.1) is 12.4 Å². The molecule has 0 unspecified atom stereocenters. The van der Waals surface area contributed by atoms with Crippen LogP contribution >= 0.6 is 12.4 Å². The molecular weight excluding hydrogens is 320 g/mol. The largest absolute Gasteiger partial charge is 0.272 e. The van der Waals surface area contributed by atoms with E-state index in [1.807, 2.05) is 91.0 Å². The van der Waals surface area contributed by atoms with E-state index in [0.29, 0.717) is 5.69 Å². The number of hydrogen-bond acceptors (Lipinski definition) is 2. The highest BCUT2D eigenvalue weighted by Crippen LogP contribution is 2.27. The molecule has 0 aliphatic heterocycles. The fourth-order valence-corrected chi connectivity index (χ4v) is 2.62. The molecule has 0 aliphatic carbocycles. The molecule has 1 amide bonds. The van der Waals surface area contributed by atoms with E-state index in [0.717, 1.165) is 11.1 Å². The van der Waals surface area contributed by atoms with Crippen LogP contribution in [-0.4, -0.2) is 5.91 Å². The zero-order chi connectivity index (χ0) is 16.1. The van der Waals surface area contributed by atoms with Crippen LogP contribution in [-0.2, 0) is 4.79 Å². The first kappa shape index (κ1) is 17.7. The molecule has 0 radical (unpaired) electrons. The van der Waals surface area contributed by atoms with Crippen molar-refractivity contribution in [2.24, 2.45) is 5.84 Å². The molecule has 2 N–H and O–H groups in total. The number of rotatable bonds is 4. The van der Waals surface area contributed by atoms with Gasteiger partial charge in [-0.2, -0.15) is 0 Å². The van der Waals surface area contributed by atoms with E-state index in [-0.39, 0.29) is 18.3 Å². The van der Waals surface area contributed by atoms with E-state index < -0.39 is 5.92 Å². The fourth-order valence-electron chi connectivity index (χ4n) is 2.62. The molecular formula is C20H19ClN2O. The molecule has 0 spiro atoms. The number of hydrazine groups is 1. The van der Waals surface area contributed by atoms with Crippen molar-refractivity contribution in [3.63, 3.8) is 0 Å². The summed E-state index contributed by atoms with van der Waals surface area (Å²) < 4.78 is 0. The highest BCUT2D eigenvalue weighted by molar-refractivity contribution is 5.99. The Kier molecular flexibility index (Phi) is 6.13. The number of benzene rings is 3. The summed E-state index contributed by atoms with van der Waals surface area (Å²) in [4.78, 5) is 13.0. The van der Waals surface area contributed by atoms with Gasteiger partial charge in [0.05, 0.1) is 11.6 Å². The standard InChI is InChI=1S/C20H18N2O.ClH/c21-22(18-14-8-3-9-15-18)20(23)19(16-10-4-1-5-11-16)17-12-6-2-7-13-17;/h1-15,19H,21H2;1H. The fraction of sp³-hybridized carbons (Fsp3) is 0.0500. The van der Waals surface area contributed by atoms with Crippen LogP contribution in [0.3, 0.4) is 0 Å². The number of hydrogen-bond donors (Lipinski definition) is 1. The Bertz CT molecular complexity index is 724. The van der Waals surface area contributed by atoms with Crippen molar-refractivity contribution in [2.45, 2.75) is 5.92 Å². The van der Waals surface area contributed by atoms with E-state index in [4.69, 9.17) is 5.84 Å². The first-order valence-electron chi connectivity index (χ1n) is 7.51. The third-order valence-electron chi connectivity index (χ3n) is 3.78. The normalized spacial score (nSPS) is 10.1. The number of anilines is 1. The third-order valence-corrected chi connectivity index (χ3v) is 3.78. The van der Waals surface area contributed by atoms with Crippen molar-refractivity contribution in [1.82, 2.24) is 0 Å². The lowest BCUT2D eigenvalue weighted by Crippen LogP contribution is -2.41. The topological polar surface area (TPSA) is 46.3 Å². The van der Waals surface area contributed by atoms with Crippen LogP contribution in [0.2, 0.25) is 0 Å². The number of para-hydroxylation sites is 1. The van der Waals surface area contributed by atoms with Crippen molar-refractivity contribution in [2.75, 3.05) is 5.01 Å². The van der Waals surface area contributed by atoms with Crippen molar-refractivity contribution in [3.8, 4) is 0 Å². The number of amides is 1. The third kappa shape index (κ3) is 3.82. The van der Waals surface area contributed by atoms with Crippen LogP contribution < -0.4 is 10.9 Å². The smallest absolute Gasteiger partial charge is 0.253 e. The molecule has 0 saturated heterocycles. The number of carbonyl (C=O) groups is 1. The number of halogens is 1. The van der Waals surface area contributed by atoms with Gasteiger partial charge in [-0.05, 0) is 23.3 Å². The van der Waals surface area contributed by atoms with Gasteiger partial charge < -0.3 is 0 Å². The quantitative estimate of drug-likeness (QED) is 0.441. The van der Waals surface area contributed by atoms with Gasteiger partial charge in [-0.3, -0.25) is 4.79 Å². The maximum Gasteiger partial charge on any atom is 0.253 e. The molecule has 0 fully saturated rings. The zero-order valence-electron chi connectivity index (χ0n) is 13.1. The summed E-state index contributed by atoms with van der Waals surface area (Å²) in [6.07, 6.45) is 0. The average Bonchev–Trinajstić information content (AvgIpc) is 2.64. The molecule has 3 aromatic rings. The van der Waals surface area contributed by atoms with Crippen LogP contribution in [0.4, 0.5) is 5.69 Å². The lowest BCUT2D eigenvalue weighted by Gasteiger charge is -2.24. The Balaban J connectivity index is 0.00000208. The van der Waals surface area contributed by atoms with E-state index >= 15 is 0 Å². The van der Waals surface area contributed by atoms with Crippen LogP contribution in [0.5, 0.6) is 0 Å². The van der Waals surface area contributed by atoms with Gasteiger partial charge in [0.2, 0.25) is 0 Å². The predicted octanol–water partition coefficient (Wildman–Crippen LogP) is 4.15. The van der Waals surface area contributed by atoms with Crippen molar-refractivity contribution < 1.29 is 4.79 Å². The zero-order valence-corrected chi connectivity index (χ0v) is 13.9. The Labute approximate surface area is 148 Å². The van der Waals surface area contributed by atoms with E-state index in [2.05, 4.69) is 0 Å². The first-order valence-corrected chi connectivity index (χ1v) is 7.51. The van der Waals surface area contributed by atoms with Gasteiger partial charge >= 0.3 is 0 Å². The summed E-state index contributed by atoms with van der Waals surface area (Å²) in [6, 6.07) is 28.7. The molecule has 0 aromatic heterocycles. The Morgan fingerprint density at radius 1 is 0.708 bits per heavy atom. The van der Waals surface area contributed by atoms with Crippen molar-refractivity contribution >= 4 is 24.0 Å². The molecule has 0 atom stereocenters. The van der Waals surface area contributed by atoms with Gasteiger partial charge in [0, 0.05) is 0 Å². The summed E-state index contributed by atoms with van der Waals surface area (Å²) in [5.74, 6) is 5.51. The molecule has 3 nitrogen and oxygen atoms in total. The van der Waals surface area contributed by atoms with Crippen molar-refractivity contribution in [3.05, 3.63) is 102 Å². The number of carbonyl (C=O) groups excluding carboxylic acids is 1. The highest BCUT2D eigenvalue weighted by Gasteiger charge is 2.26. The lowest BCUT2D eigenvalue weighted by molar-refractivity contribution is -0.119. The summed E-state index contributed by atoms with van der Waals surface area (Å²) >= 11 is 0. The minimum atomic E-state index is -0.428. The maximum absolute atomic E-state index is 13.0. The van der Waals surface area contributed by atoms with Crippen LogP contribution in [0, 0.1) is 0 Å². The molecule has 4 heteroatoms. The maximum atomic E-state index is 13.0. The summed E-state index contributed by atoms with van der Waals surface area (Å²) in [5, 5.41) is 1.23. The lowest BCUT2D eigenvalue weighted by atomic mass is 9.90. The van der Waals surface area contributed by atoms with E-state index in [1.54, 1.807) is 0 Å². The Morgan fingerprint density at radius 2 is 1.08 bits per heavy atom. The average molecular weight is 339 g/mol. The molecule has 3 rings (SSSR count). The summed E-state index contributed by atoms with van der Waals surface area (Å²) in [5.41, 5.74) is 2.53. The molecule has 0 bridgehead atoms. The van der Waals surface area contributed by atoms with Gasteiger partial charge in [0.25, 0.3) is 5.91 Å². The van der Waals surface area contributed by atoms with Gasteiger partial charge in [-0.25, -0.2) is 10.9 Å². The minimum absolute atomic E-state index is 0. The first-order chi connectivity index (χ1) is 11.3. The predicted molar refractivity (Wildman–Crippen MR) is 100 cm³/mol. The summed E-state index contributed by atoms with van der Waals surface area (Å²) in [6.45, 7) is 0. The van der Waals surface area contributed by atoms with Crippen LogP contribution in [0.15, 0.2) is 91.0 Å². The van der Waals surface area contributed by atoms with E-state index in [1.165, 1.54) is 5.01 Å². The van der Waals surface area contributed by atoms with Crippen LogP contribution in [0.1, 0.15) is 17.0 Å². The van der Waals surface area contributed by atoms with Gasteiger partial charge in [0.15, 0.2) is 0 Å². The van der Waals surface area contributed by atoms with Gasteiger partial charge in [0.1, 0.15) is 0 Å². The van der Waals surface area contributed by atoms with Crippen LogP contribution in [0.25, 0.3) is 0 Å². The molecule has 0 saturated carbocycles. The molecule has 0 aliphatic rings. The highest BCUT2D eigenvalue weighted by atomic mass is 35.5. The second-order valence-electron chi connectivity index (χ2n) is 5.30. The Morgan fingerprint density at radius 3 is 1.50 bits per heavy atom. The SMILES string of the molecule is Cl.NN(C(=O)C(c1ccccc1)c1ccccc1)c1ccccc1. The second kappa shape index (κ2) is 8.29. The monoisotopic (exact) mass is 338 g/mol. The van der Waals surface area contributed by atoms with Crippen molar-refractivity contribution in [1.29, 1.82) is 0 Å². The second-order valence-corrected chi connectivity index (χ2v) is 5.30. The van der Waals surface area contributed by atoms with Gasteiger partial charge in [-0.1, -0.05) is 78.9 Å².